The Morgan fingerprint density at radius 2 is 1.86 bits per heavy atom. The van der Waals surface area contributed by atoms with Crippen LogP contribution in [0.1, 0.15) is 39.2 Å². The van der Waals surface area contributed by atoms with Gasteiger partial charge >= 0.3 is 6.18 Å². The predicted octanol–water partition coefficient (Wildman–Crippen LogP) is 4.13. The van der Waals surface area contributed by atoms with E-state index in [-0.39, 0.29) is 17.3 Å². The summed E-state index contributed by atoms with van der Waals surface area (Å²) in [7, 11) is 1.71. The van der Waals surface area contributed by atoms with Gasteiger partial charge in [-0.2, -0.15) is 13.2 Å². The normalized spacial score (nSPS) is 21.0. The summed E-state index contributed by atoms with van der Waals surface area (Å²) in [5.41, 5.74) is 1.00. The molecular weight excluding hydrogens is 383 g/mol. The highest BCUT2D eigenvalue weighted by Crippen LogP contribution is 2.33. The van der Waals surface area contributed by atoms with Gasteiger partial charge in [-0.05, 0) is 36.0 Å². The van der Waals surface area contributed by atoms with Crippen LogP contribution >= 0.6 is 0 Å². The van der Waals surface area contributed by atoms with Crippen molar-refractivity contribution in [3.05, 3.63) is 29.8 Å². The van der Waals surface area contributed by atoms with Crippen LogP contribution in [0.2, 0.25) is 0 Å². The molecule has 2 N–H and O–H groups in total. The fraction of sp³-hybridized carbons (Fsp3) is 0.667. The first-order valence-corrected chi connectivity index (χ1v) is 9.93. The maximum atomic E-state index is 12.2. The molecule has 0 amide bonds. The predicted molar refractivity (Wildman–Crippen MR) is 108 cm³/mol. The molecule has 0 bridgehead atoms. The maximum Gasteiger partial charge on any atom is 0.422 e. The molecule has 1 saturated heterocycles. The number of halogens is 3. The number of guanidine groups is 1. The van der Waals surface area contributed by atoms with Gasteiger partial charge in [-0.25, -0.2) is 0 Å². The Balaban J connectivity index is 1.81. The van der Waals surface area contributed by atoms with Crippen LogP contribution in [-0.4, -0.2) is 45.0 Å². The Kier molecular flexibility index (Phi) is 8.19. The average Bonchev–Trinajstić information content (AvgIpc) is 2.66. The van der Waals surface area contributed by atoms with E-state index >= 15 is 0 Å². The third kappa shape index (κ3) is 8.12. The molecule has 2 unspecified atom stereocenters. The summed E-state index contributed by atoms with van der Waals surface area (Å²) in [4.78, 5) is 4.25. The van der Waals surface area contributed by atoms with Crippen molar-refractivity contribution in [2.75, 3.05) is 26.8 Å². The Bertz CT molecular complexity index is 655. The molecule has 2 rings (SSSR count). The van der Waals surface area contributed by atoms with Crippen molar-refractivity contribution in [2.45, 2.75) is 52.4 Å². The van der Waals surface area contributed by atoms with Crippen LogP contribution < -0.4 is 15.4 Å². The summed E-state index contributed by atoms with van der Waals surface area (Å²) < 4.78 is 47.3. The van der Waals surface area contributed by atoms with Crippen molar-refractivity contribution in [3.63, 3.8) is 0 Å². The van der Waals surface area contributed by atoms with Crippen LogP contribution in [0.5, 0.6) is 5.75 Å². The van der Waals surface area contributed by atoms with E-state index in [1.807, 2.05) is 0 Å². The van der Waals surface area contributed by atoms with E-state index < -0.39 is 12.8 Å². The first kappa shape index (κ1) is 23.3. The lowest BCUT2D eigenvalue weighted by Gasteiger charge is -2.40. The lowest BCUT2D eigenvalue weighted by Crippen LogP contribution is -2.47. The summed E-state index contributed by atoms with van der Waals surface area (Å²) in [6.07, 6.45) is -1.96. The molecule has 1 aromatic carbocycles. The van der Waals surface area contributed by atoms with Gasteiger partial charge < -0.3 is 20.1 Å². The zero-order valence-electron chi connectivity index (χ0n) is 17.6. The average molecular weight is 416 g/mol. The van der Waals surface area contributed by atoms with Crippen molar-refractivity contribution < 1.29 is 22.6 Å². The molecule has 0 spiro atoms. The molecule has 0 radical (unpaired) electrons. The first-order valence-electron chi connectivity index (χ1n) is 9.93. The number of aliphatic imine (C=N–C) groups is 1. The lowest BCUT2D eigenvalue weighted by atomic mass is 9.78. The van der Waals surface area contributed by atoms with Crippen LogP contribution in [0.25, 0.3) is 0 Å². The summed E-state index contributed by atoms with van der Waals surface area (Å²) in [6, 6.07) is 6.53. The molecular formula is C21H32F3N3O2. The van der Waals surface area contributed by atoms with Gasteiger partial charge in [-0.3, -0.25) is 4.99 Å². The van der Waals surface area contributed by atoms with Crippen LogP contribution in [0.4, 0.5) is 13.2 Å². The standard InChI is InChI=1S/C21H32F3N3O2/c1-20(2,3)18-16(6-5-11-28-18)13-27-19(25-4)26-12-15-7-9-17(10-8-15)29-14-21(22,23)24/h7-10,16,18H,5-6,11-14H2,1-4H3,(H2,25,26,27). The third-order valence-corrected chi connectivity index (χ3v) is 4.84. The molecule has 1 heterocycles. The molecule has 0 aromatic heterocycles. The van der Waals surface area contributed by atoms with Gasteiger partial charge in [0.1, 0.15) is 5.75 Å². The van der Waals surface area contributed by atoms with Crippen LogP contribution in [0, 0.1) is 11.3 Å². The van der Waals surface area contributed by atoms with Crippen molar-refractivity contribution >= 4 is 5.96 Å². The first-order chi connectivity index (χ1) is 13.6. The minimum Gasteiger partial charge on any atom is -0.484 e. The highest BCUT2D eigenvalue weighted by atomic mass is 19.4. The second-order valence-corrected chi connectivity index (χ2v) is 8.41. The van der Waals surface area contributed by atoms with E-state index in [2.05, 4.69) is 36.4 Å². The van der Waals surface area contributed by atoms with Crippen LogP contribution in [0.15, 0.2) is 29.3 Å². The highest BCUT2D eigenvalue weighted by molar-refractivity contribution is 5.79. The van der Waals surface area contributed by atoms with E-state index in [4.69, 9.17) is 9.47 Å². The molecule has 1 aliphatic heterocycles. The number of hydrogen-bond donors (Lipinski definition) is 2. The number of rotatable bonds is 6. The molecule has 2 atom stereocenters. The lowest BCUT2D eigenvalue weighted by molar-refractivity contribution is -0.153. The topological polar surface area (TPSA) is 54.9 Å². The smallest absolute Gasteiger partial charge is 0.422 e. The third-order valence-electron chi connectivity index (χ3n) is 4.84. The van der Waals surface area contributed by atoms with Crippen LogP contribution in [0.3, 0.4) is 0 Å². The van der Waals surface area contributed by atoms with E-state index in [0.717, 1.165) is 31.6 Å². The number of ether oxygens (including phenoxy) is 2. The van der Waals surface area contributed by atoms with Gasteiger partial charge in [0, 0.05) is 32.7 Å². The quantitative estimate of drug-likeness (QED) is 0.542. The molecule has 29 heavy (non-hydrogen) atoms. The van der Waals surface area contributed by atoms with Crippen molar-refractivity contribution in [1.82, 2.24) is 10.6 Å². The molecule has 0 aliphatic carbocycles. The van der Waals surface area contributed by atoms with E-state index in [1.54, 1.807) is 19.2 Å². The van der Waals surface area contributed by atoms with Crippen LogP contribution in [-0.2, 0) is 11.3 Å². The second-order valence-electron chi connectivity index (χ2n) is 8.41. The molecule has 1 fully saturated rings. The summed E-state index contributed by atoms with van der Waals surface area (Å²) >= 11 is 0. The van der Waals surface area contributed by atoms with Gasteiger partial charge in [-0.1, -0.05) is 32.9 Å². The van der Waals surface area contributed by atoms with Gasteiger partial charge in [0.05, 0.1) is 6.10 Å². The number of hydrogen-bond acceptors (Lipinski definition) is 3. The molecule has 1 aromatic rings. The summed E-state index contributed by atoms with van der Waals surface area (Å²) in [5.74, 6) is 1.28. The fourth-order valence-corrected chi connectivity index (χ4v) is 3.51. The summed E-state index contributed by atoms with van der Waals surface area (Å²) in [6.45, 7) is 7.39. The second kappa shape index (κ2) is 10.2. The molecule has 1 aliphatic rings. The van der Waals surface area contributed by atoms with Crippen molar-refractivity contribution in [1.29, 1.82) is 0 Å². The van der Waals surface area contributed by atoms with Gasteiger partial charge in [-0.15, -0.1) is 0 Å². The SMILES string of the molecule is CN=C(NCc1ccc(OCC(F)(F)F)cc1)NCC1CCCOC1C(C)(C)C. The van der Waals surface area contributed by atoms with E-state index in [1.165, 1.54) is 12.1 Å². The van der Waals surface area contributed by atoms with Gasteiger partial charge in [0.2, 0.25) is 0 Å². The largest absolute Gasteiger partial charge is 0.484 e. The number of nitrogens with zero attached hydrogens (tertiary/aromatic N) is 1. The Labute approximate surface area is 171 Å². The van der Waals surface area contributed by atoms with Gasteiger partial charge in [0.25, 0.3) is 0 Å². The fourth-order valence-electron chi connectivity index (χ4n) is 3.51. The number of alkyl halides is 3. The Hall–Kier alpha value is -1.96. The molecule has 8 heteroatoms. The minimum absolute atomic E-state index is 0.0830. The van der Waals surface area contributed by atoms with Crippen molar-refractivity contribution in [3.8, 4) is 5.75 Å². The Morgan fingerprint density at radius 1 is 1.17 bits per heavy atom. The Morgan fingerprint density at radius 3 is 2.45 bits per heavy atom. The van der Waals surface area contributed by atoms with E-state index in [0.29, 0.717) is 18.4 Å². The zero-order chi connectivity index (χ0) is 21.5. The monoisotopic (exact) mass is 415 g/mol. The van der Waals surface area contributed by atoms with E-state index in [9.17, 15) is 13.2 Å². The van der Waals surface area contributed by atoms with Crippen molar-refractivity contribution in [2.24, 2.45) is 16.3 Å². The highest BCUT2D eigenvalue weighted by Gasteiger charge is 2.35. The zero-order valence-corrected chi connectivity index (χ0v) is 17.6. The molecule has 5 nitrogen and oxygen atoms in total. The summed E-state index contributed by atoms with van der Waals surface area (Å²) in [5, 5.41) is 6.60. The number of nitrogens with one attached hydrogen (secondary N) is 2. The molecule has 0 saturated carbocycles. The maximum absolute atomic E-state index is 12.2. The van der Waals surface area contributed by atoms with Gasteiger partial charge in [0.15, 0.2) is 12.6 Å². The number of benzene rings is 1. The molecule has 164 valence electrons. The minimum atomic E-state index is -4.34.